The normalized spacial score (nSPS) is 15.8. The molecular weight excluding hydrogens is 382 g/mol. The first kappa shape index (κ1) is 19.8. The van der Waals surface area contributed by atoms with Crippen LogP contribution in [0.5, 0.6) is 0 Å². The lowest BCUT2D eigenvalue weighted by Crippen LogP contribution is -2.20. The fourth-order valence-electron chi connectivity index (χ4n) is 3.59. The minimum atomic E-state index is -0.451. The Morgan fingerprint density at radius 1 is 1.03 bits per heavy atom. The van der Waals surface area contributed by atoms with E-state index in [-0.39, 0.29) is 29.5 Å². The zero-order chi connectivity index (χ0) is 20.8. The van der Waals surface area contributed by atoms with E-state index >= 15 is 0 Å². The Kier molecular flexibility index (Phi) is 6.14. The number of hydrogen-bond donors (Lipinski definition) is 2. The molecule has 154 valence electrons. The molecule has 3 aromatic rings. The van der Waals surface area contributed by atoms with Crippen LogP contribution >= 0.6 is 0 Å². The average Bonchev–Trinajstić information content (AvgIpc) is 3.31. The number of nitrogens with zero attached hydrogens (tertiary/aromatic N) is 3. The number of aromatic nitrogens is 2. The molecule has 4 rings (SSSR count). The van der Waals surface area contributed by atoms with E-state index in [4.69, 9.17) is 4.74 Å². The smallest absolute Gasteiger partial charge is 0.353 e. The number of ether oxygens (including phenoxy) is 1. The minimum absolute atomic E-state index is 0.0392. The molecule has 1 aromatic heterocycles. The van der Waals surface area contributed by atoms with Crippen LogP contribution in [0.25, 0.3) is 0 Å². The lowest BCUT2D eigenvalue weighted by atomic mass is 9.99. The highest BCUT2D eigenvalue weighted by Gasteiger charge is 2.27. The maximum Gasteiger partial charge on any atom is 0.353 e. The summed E-state index contributed by atoms with van der Waals surface area (Å²) >= 11 is 0. The SMILES string of the molecule is O=[N+]([O-])c1c(NCC2CCCO2)ncnc1NC(c1ccccc1)c1ccccc1. The predicted octanol–water partition coefficient (Wildman–Crippen LogP) is 4.18. The van der Waals surface area contributed by atoms with Crippen molar-refractivity contribution < 1.29 is 9.66 Å². The van der Waals surface area contributed by atoms with Gasteiger partial charge in [-0.05, 0) is 24.0 Å². The van der Waals surface area contributed by atoms with E-state index in [9.17, 15) is 10.1 Å². The molecule has 0 saturated carbocycles. The topological polar surface area (TPSA) is 102 Å². The summed E-state index contributed by atoms with van der Waals surface area (Å²) in [5.74, 6) is 0.357. The monoisotopic (exact) mass is 405 g/mol. The summed E-state index contributed by atoms with van der Waals surface area (Å²) in [7, 11) is 0. The summed E-state index contributed by atoms with van der Waals surface area (Å²) in [5.41, 5.74) is 1.78. The van der Waals surface area contributed by atoms with Crippen LogP contribution in [0.2, 0.25) is 0 Å². The Hall–Kier alpha value is -3.52. The second-order valence-corrected chi connectivity index (χ2v) is 7.09. The molecule has 2 heterocycles. The van der Waals surface area contributed by atoms with E-state index in [2.05, 4.69) is 20.6 Å². The van der Waals surface area contributed by atoms with E-state index in [1.54, 1.807) is 0 Å². The number of nitro groups is 1. The van der Waals surface area contributed by atoms with Gasteiger partial charge in [0.1, 0.15) is 6.33 Å². The van der Waals surface area contributed by atoms with Gasteiger partial charge in [-0.1, -0.05) is 60.7 Å². The summed E-state index contributed by atoms with van der Waals surface area (Å²) < 4.78 is 5.59. The van der Waals surface area contributed by atoms with Gasteiger partial charge < -0.3 is 15.4 Å². The van der Waals surface area contributed by atoms with Crippen molar-refractivity contribution in [2.75, 3.05) is 23.8 Å². The van der Waals surface area contributed by atoms with Crippen LogP contribution in [0.3, 0.4) is 0 Å². The van der Waals surface area contributed by atoms with E-state index in [0.29, 0.717) is 6.54 Å². The number of nitrogens with one attached hydrogen (secondary N) is 2. The summed E-state index contributed by atoms with van der Waals surface area (Å²) in [6.07, 6.45) is 3.31. The van der Waals surface area contributed by atoms with Gasteiger partial charge in [0.25, 0.3) is 0 Å². The Labute approximate surface area is 174 Å². The molecule has 0 spiro atoms. The maximum atomic E-state index is 11.9. The van der Waals surface area contributed by atoms with Crippen molar-refractivity contribution in [1.29, 1.82) is 0 Å². The van der Waals surface area contributed by atoms with Crippen molar-refractivity contribution in [2.24, 2.45) is 0 Å². The largest absolute Gasteiger partial charge is 0.376 e. The molecule has 0 aliphatic carbocycles. The standard InChI is InChI=1S/C22H23N5O3/c28-27(29)20-21(23-14-18-12-7-13-30-18)24-15-25-22(20)26-19(16-8-3-1-4-9-16)17-10-5-2-6-11-17/h1-6,8-11,15,18-19H,7,12-14H2,(H2,23,24,25,26). The number of anilines is 2. The van der Waals surface area contributed by atoms with Gasteiger partial charge in [0.15, 0.2) is 0 Å². The van der Waals surface area contributed by atoms with Crippen LogP contribution in [-0.4, -0.2) is 34.1 Å². The van der Waals surface area contributed by atoms with E-state index < -0.39 is 4.92 Å². The molecule has 8 nitrogen and oxygen atoms in total. The van der Waals surface area contributed by atoms with Gasteiger partial charge in [0, 0.05) is 13.2 Å². The Morgan fingerprint density at radius 3 is 2.23 bits per heavy atom. The van der Waals surface area contributed by atoms with Gasteiger partial charge in [-0.3, -0.25) is 10.1 Å². The van der Waals surface area contributed by atoms with Crippen LogP contribution in [0.1, 0.15) is 30.0 Å². The highest BCUT2D eigenvalue weighted by molar-refractivity contribution is 5.70. The Bertz CT molecular complexity index is 939. The molecule has 1 saturated heterocycles. The molecule has 1 fully saturated rings. The number of rotatable bonds is 8. The maximum absolute atomic E-state index is 11.9. The Morgan fingerprint density at radius 2 is 1.67 bits per heavy atom. The van der Waals surface area contributed by atoms with Gasteiger partial charge in [0.05, 0.1) is 17.1 Å². The molecule has 2 aromatic carbocycles. The first-order valence-electron chi connectivity index (χ1n) is 9.93. The molecule has 1 aliphatic heterocycles. The third-order valence-corrected chi connectivity index (χ3v) is 5.07. The van der Waals surface area contributed by atoms with Crippen molar-refractivity contribution in [1.82, 2.24) is 9.97 Å². The average molecular weight is 405 g/mol. The molecule has 1 atom stereocenters. The fourth-order valence-corrected chi connectivity index (χ4v) is 3.59. The minimum Gasteiger partial charge on any atom is -0.376 e. The quantitative estimate of drug-likeness (QED) is 0.428. The summed E-state index contributed by atoms with van der Waals surface area (Å²) in [5, 5.41) is 18.2. The van der Waals surface area contributed by atoms with Crippen molar-refractivity contribution in [3.8, 4) is 0 Å². The molecule has 2 N–H and O–H groups in total. The van der Waals surface area contributed by atoms with Crippen LogP contribution < -0.4 is 10.6 Å². The van der Waals surface area contributed by atoms with Gasteiger partial charge >= 0.3 is 5.69 Å². The van der Waals surface area contributed by atoms with Crippen molar-refractivity contribution in [2.45, 2.75) is 25.0 Å². The highest BCUT2D eigenvalue weighted by Crippen LogP contribution is 2.34. The fraction of sp³-hybridized carbons (Fsp3) is 0.273. The second kappa shape index (κ2) is 9.32. The number of hydrogen-bond acceptors (Lipinski definition) is 7. The Balaban J connectivity index is 1.65. The predicted molar refractivity (Wildman–Crippen MR) is 114 cm³/mol. The van der Waals surface area contributed by atoms with Crippen LogP contribution in [0, 0.1) is 10.1 Å². The van der Waals surface area contributed by atoms with Gasteiger partial charge in [-0.15, -0.1) is 0 Å². The first-order chi connectivity index (χ1) is 14.7. The summed E-state index contributed by atoms with van der Waals surface area (Å²) in [6, 6.07) is 19.3. The van der Waals surface area contributed by atoms with E-state index in [0.717, 1.165) is 30.6 Å². The molecule has 1 aliphatic rings. The summed E-state index contributed by atoms with van der Waals surface area (Å²) in [6.45, 7) is 1.19. The van der Waals surface area contributed by atoms with E-state index in [1.165, 1.54) is 6.33 Å². The molecule has 30 heavy (non-hydrogen) atoms. The van der Waals surface area contributed by atoms with Gasteiger partial charge in [0.2, 0.25) is 11.6 Å². The summed E-state index contributed by atoms with van der Waals surface area (Å²) in [4.78, 5) is 19.8. The first-order valence-corrected chi connectivity index (χ1v) is 9.93. The third kappa shape index (κ3) is 4.55. The molecule has 0 amide bonds. The highest BCUT2D eigenvalue weighted by atomic mass is 16.6. The number of benzene rings is 2. The lowest BCUT2D eigenvalue weighted by molar-refractivity contribution is -0.383. The molecule has 0 bridgehead atoms. The molecule has 1 unspecified atom stereocenters. The van der Waals surface area contributed by atoms with Gasteiger partial charge in [-0.2, -0.15) is 0 Å². The van der Waals surface area contributed by atoms with Crippen LogP contribution in [0.15, 0.2) is 67.0 Å². The molecule has 8 heteroatoms. The van der Waals surface area contributed by atoms with Gasteiger partial charge in [-0.25, -0.2) is 9.97 Å². The van der Waals surface area contributed by atoms with Crippen LogP contribution in [0.4, 0.5) is 17.3 Å². The van der Waals surface area contributed by atoms with E-state index in [1.807, 2.05) is 60.7 Å². The van der Waals surface area contributed by atoms with Crippen molar-refractivity contribution >= 4 is 17.3 Å². The molecular formula is C22H23N5O3. The lowest BCUT2D eigenvalue weighted by Gasteiger charge is -2.21. The van der Waals surface area contributed by atoms with Crippen LogP contribution in [-0.2, 0) is 4.74 Å². The zero-order valence-corrected chi connectivity index (χ0v) is 16.4. The van der Waals surface area contributed by atoms with Crippen molar-refractivity contribution in [3.05, 3.63) is 88.2 Å². The second-order valence-electron chi connectivity index (χ2n) is 7.09. The zero-order valence-electron chi connectivity index (χ0n) is 16.4. The molecule has 0 radical (unpaired) electrons. The third-order valence-electron chi connectivity index (χ3n) is 5.07. The van der Waals surface area contributed by atoms with Crippen molar-refractivity contribution in [3.63, 3.8) is 0 Å².